The molecule has 0 fully saturated rings. The van der Waals surface area contributed by atoms with Crippen LogP contribution in [0.1, 0.15) is 19.4 Å². The minimum absolute atomic E-state index is 0.574. The highest BCUT2D eigenvalue weighted by molar-refractivity contribution is 5.36. The van der Waals surface area contributed by atoms with Crippen LogP contribution in [0.4, 0.5) is 0 Å². The Labute approximate surface area is 80.3 Å². The van der Waals surface area contributed by atoms with Gasteiger partial charge in [0.05, 0.1) is 0 Å². The molecule has 0 saturated heterocycles. The molecule has 0 heteroatoms. The lowest BCUT2D eigenvalue weighted by atomic mass is 10.2. The number of hydrogen-bond donors (Lipinski definition) is 0. The molecule has 0 atom stereocenters. The van der Waals surface area contributed by atoms with E-state index in [2.05, 4.69) is 31.8 Å². The van der Waals surface area contributed by atoms with Crippen LogP contribution in [0.3, 0.4) is 0 Å². The number of allylic oxidation sites excluding steroid dienone is 2. The zero-order chi connectivity index (χ0) is 9.52. The van der Waals surface area contributed by atoms with Gasteiger partial charge in [-0.2, -0.15) is 0 Å². The SMILES string of the molecule is CC(C)/C=C\C#Cc1ccccc1. The van der Waals surface area contributed by atoms with Crippen LogP contribution >= 0.6 is 0 Å². The van der Waals surface area contributed by atoms with Crippen LogP contribution in [0.15, 0.2) is 42.5 Å². The van der Waals surface area contributed by atoms with Crippen molar-refractivity contribution in [2.75, 3.05) is 0 Å². The van der Waals surface area contributed by atoms with Crippen LogP contribution < -0.4 is 0 Å². The number of rotatable bonds is 1. The topological polar surface area (TPSA) is 0 Å². The summed E-state index contributed by atoms with van der Waals surface area (Å²) in [6.45, 7) is 4.28. The third-order valence-corrected chi connectivity index (χ3v) is 1.55. The predicted octanol–water partition coefficient (Wildman–Crippen LogP) is 3.25. The third-order valence-electron chi connectivity index (χ3n) is 1.55. The van der Waals surface area contributed by atoms with E-state index in [1.54, 1.807) is 0 Å². The molecule has 0 amide bonds. The molecular formula is C13H14. The van der Waals surface area contributed by atoms with Gasteiger partial charge in [-0.1, -0.05) is 50.0 Å². The van der Waals surface area contributed by atoms with Gasteiger partial charge in [0.2, 0.25) is 0 Å². The van der Waals surface area contributed by atoms with Crippen LogP contribution in [0.5, 0.6) is 0 Å². The summed E-state index contributed by atoms with van der Waals surface area (Å²) in [5.74, 6) is 6.64. The molecule has 13 heavy (non-hydrogen) atoms. The molecule has 0 bridgehead atoms. The molecule has 0 saturated carbocycles. The van der Waals surface area contributed by atoms with Crippen molar-refractivity contribution in [2.45, 2.75) is 13.8 Å². The lowest BCUT2D eigenvalue weighted by Gasteiger charge is -1.88. The molecule has 0 aliphatic heterocycles. The van der Waals surface area contributed by atoms with Crippen molar-refractivity contribution >= 4 is 0 Å². The monoisotopic (exact) mass is 170 g/mol. The van der Waals surface area contributed by atoms with E-state index in [9.17, 15) is 0 Å². The Balaban J connectivity index is 2.59. The van der Waals surface area contributed by atoms with Gasteiger partial charge < -0.3 is 0 Å². The third kappa shape index (κ3) is 4.18. The maximum Gasteiger partial charge on any atom is 0.0248 e. The molecule has 66 valence electrons. The molecule has 0 aliphatic rings. The second kappa shape index (κ2) is 5.22. The maximum atomic E-state index is 3.06. The average molecular weight is 170 g/mol. The smallest absolute Gasteiger partial charge is 0.0248 e. The fourth-order valence-electron chi connectivity index (χ4n) is 0.887. The molecule has 0 radical (unpaired) electrons. The summed E-state index contributed by atoms with van der Waals surface area (Å²) in [6.07, 6.45) is 4.01. The summed E-state index contributed by atoms with van der Waals surface area (Å²) >= 11 is 0. The summed E-state index contributed by atoms with van der Waals surface area (Å²) in [7, 11) is 0. The minimum atomic E-state index is 0.574. The highest BCUT2D eigenvalue weighted by atomic mass is 13.9. The van der Waals surface area contributed by atoms with Gasteiger partial charge in [-0.15, -0.1) is 0 Å². The van der Waals surface area contributed by atoms with E-state index < -0.39 is 0 Å². The van der Waals surface area contributed by atoms with E-state index in [-0.39, 0.29) is 0 Å². The van der Waals surface area contributed by atoms with Crippen molar-refractivity contribution < 1.29 is 0 Å². The van der Waals surface area contributed by atoms with E-state index in [4.69, 9.17) is 0 Å². The van der Waals surface area contributed by atoms with Crippen LogP contribution in [-0.2, 0) is 0 Å². The number of hydrogen-bond acceptors (Lipinski definition) is 0. The molecule has 0 spiro atoms. The van der Waals surface area contributed by atoms with Gasteiger partial charge in [0.25, 0.3) is 0 Å². The van der Waals surface area contributed by atoms with Gasteiger partial charge in [0.15, 0.2) is 0 Å². The van der Waals surface area contributed by atoms with Crippen molar-refractivity contribution in [3.8, 4) is 11.8 Å². The molecule has 1 rings (SSSR count). The fourth-order valence-corrected chi connectivity index (χ4v) is 0.887. The van der Waals surface area contributed by atoms with E-state index in [0.717, 1.165) is 5.56 Å². The Hall–Kier alpha value is -1.48. The van der Waals surface area contributed by atoms with Gasteiger partial charge in [0.1, 0.15) is 0 Å². The Bertz CT molecular complexity index is 320. The second-order valence-corrected chi connectivity index (χ2v) is 3.24. The van der Waals surface area contributed by atoms with Crippen molar-refractivity contribution in [3.63, 3.8) is 0 Å². The fraction of sp³-hybridized carbons (Fsp3) is 0.231. The summed E-state index contributed by atoms with van der Waals surface area (Å²) in [5.41, 5.74) is 1.07. The van der Waals surface area contributed by atoms with E-state index in [1.807, 2.05) is 36.4 Å². The highest BCUT2D eigenvalue weighted by Gasteiger charge is 1.81. The summed E-state index contributed by atoms with van der Waals surface area (Å²) in [4.78, 5) is 0. The Morgan fingerprint density at radius 1 is 1.15 bits per heavy atom. The maximum absolute atomic E-state index is 3.06. The van der Waals surface area contributed by atoms with Crippen LogP contribution in [-0.4, -0.2) is 0 Å². The summed E-state index contributed by atoms with van der Waals surface area (Å²) in [6, 6.07) is 10.0. The van der Waals surface area contributed by atoms with E-state index in [0.29, 0.717) is 5.92 Å². The Morgan fingerprint density at radius 2 is 1.85 bits per heavy atom. The van der Waals surface area contributed by atoms with E-state index >= 15 is 0 Å². The molecular weight excluding hydrogens is 156 g/mol. The lowest BCUT2D eigenvalue weighted by molar-refractivity contribution is 0.832. The van der Waals surface area contributed by atoms with Gasteiger partial charge >= 0.3 is 0 Å². The van der Waals surface area contributed by atoms with Gasteiger partial charge in [-0.05, 0) is 24.1 Å². The Morgan fingerprint density at radius 3 is 2.46 bits per heavy atom. The minimum Gasteiger partial charge on any atom is -0.0736 e. The van der Waals surface area contributed by atoms with Crippen molar-refractivity contribution in [3.05, 3.63) is 48.0 Å². The quantitative estimate of drug-likeness (QED) is 0.567. The van der Waals surface area contributed by atoms with Crippen LogP contribution in [0.2, 0.25) is 0 Å². The van der Waals surface area contributed by atoms with E-state index in [1.165, 1.54) is 0 Å². The second-order valence-electron chi connectivity index (χ2n) is 3.24. The van der Waals surface area contributed by atoms with Crippen LogP contribution in [0.25, 0.3) is 0 Å². The predicted molar refractivity (Wildman–Crippen MR) is 57.3 cm³/mol. The molecule has 0 N–H and O–H groups in total. The molecule has 0 nitrogen and oxygen atoms in total. The zero-order valence-electron chi connectivity index (χ0n) is 8.12. The standard InChI is InChI=1S/C13H14/c1-12(2)8-6-7-11-13-9-4-3-5-10-13/h3-6,8-10,12H,1-2H3/b8-6-. The first-order valence-electron chi connectivity index (χ1n) is 4.52. The molecule has 0 aromatic heterocycles. The molecule has 1 aromatic carbocycles. The lowest BCUT2D eigenvalue weighted by Crippen LogP contribution is -1.75. The average Bonchev–Trinajstić information content (AvgIpc) is 2.14. The number of benzene rings is 1. The Kier molecular flexibility index (Phi) is 3.85. The molecule has 0 heterocycles. The van der Waals surface area contributed by atoms with Crippen molar-refractivity contribution in [1.82, 2.24) is 0 Å². The van der Waals surface area contributed by atoms with Gasteiger partial charge in [0, 0.05) is 5.56 Å². The highest BCUT2D eigenvalue weighted by Crippen LogP contribution is 1.95. The largest absolute Gasteiger partial charge is 0.0736 e. The first-order valence-corrected chi connectivity index (χ1v) is 4.52. The summed E-state index contributed by atoms with van der Waals surface area (Å²) in [5, 5.41) is 0. The molecule has 1 aromatic rings. The zero-order valence-corrected chi connectivity index (χ0v) is 8.12. The molecule has 0 unspecified atom stereocenters. The first kappa shape index (κ1) is 9.61. The first-order chi connectivity index (χ1) is 6.29. The van der Waals surface area contributed by atoms with Crippen LogP contribution in [0, 0.1) is 17.8 Å². The molecule has 0 aliphatic carbocycles. The van der Waals surface area contributed by atoms with Crippen molar-refractivity contribution in [2.24, 2.45) is 5.92 Å². The van der Waals surface area contributed by atoms with Gasteiger partial charge in [-0.3, -0.25) is 0 Å². The summed E-state index contributed by atoms with van der Waals surface area (Å²) < 4.78 is 0. The van der Waals surface area contributed by atoms with Gasteiger partial charge in [-0.25, -0.2) is 0 Å². The van der Waals surface area contributed by atoms with Crippen molar-refractivity contribution in [1.29, 1.82) is 0 Å². The normalized spacial score (nSPS) is 10.1.